The molecule has 9 nitrogen and oxygen atoms in total. The van der Waals surface area contributed by atoms with E-state index >= 15 is 0 Å². The first-order chi connectivity index (χ1) is 13.4. The molecule has 0 radical (unpaired) electrons. The van der Waals surface area contributed by atoms with Crippen LogP contribution < -0.4 is 5.32 Å². The first kappa shape index (κ1) is 20.0. The molecule has 0 aromatic carbocycles. The highest BCUT2D eigenvalue weighted by atomic mass is 32.1. The molecule has 0 atom stereocenters. The summed E-state index contributed by atoms with van der Waals surface area (Å²) in [5.41, 5.74) is 1.83. The summed E-state index contributed by atoms with van der Waals surface area (Å²) < 4.78 is 6.35. The van der Waals surface area contributed by atoms with E-state index in [-0.39, 0.29) is 12.4 Å². The quantitative estimate of drug-likeness (QED) is 0.429. The number of fused-ring (bicyclic) bond motifs is 1. The van der Waals surface area contributed by atoms with Crippen molar-refractivity contribution in [3.8, 4) is 0 Å². The largest absolute Gasteiger partial charge is 0.462 e. The number of aryl methyl sites for hydroxylation is 2. The summed E-state index contributed by atoms with van der Waals surface area (Å²) in [4.78, 5) is 36.7. The van der Waals surface area contributed by atoms with Crippen LogP contribution in [0.5, 0.6) is 0 Å². The number of nitrogens with zero attached hydrogens (tertiary/aromatic N) is 3. The Kier molecular flexibility index (Phi) is 6.08. The third-order valence-corrected chi connectivity index (χ3v) is 5.63. The van der Waals surface area contributed by atoms with Gasteiger partial charge in [0.15, 0.2) is 6.54 Å². The SMILES string of the molecule is CCCOC(=O)c1c(NC(=O)Cn2nc(C)cc2[N+](=O)[O-])sc2c1CCCC2. The van der Waals surface area contributed by atoms with Crippen LogP contribution in [-0.4, -0.2) is 33.2 Å². The number of aromatic nitrogens is 2. The third kappa shape index (κ3) is 4.22. The number of nitrogens with one attached hydrogen (secondary N) is 1. The van der Waals surface area contributed by atoms with E-state index in [9.17, 15) is 19.7 Å². The molecule has 2 aromatic heterocycles. The number of carbonyl (C=O) groups is 2. The fourth-order valence-corrected chi connectivity index (χ4v) is 4.53. The van der Waals surface area contributed by atoms with E-state index in [1.165, 1.54) is 17.4 Å². The van der Waals surface area contributed by atoms with Crippen molar-refractivity contribution in [1.29, 1.82) is 0 Å². The Hall–Kier alpha value is -2.75. The molecule has 1 aliphatic rings. The Bertz CT molecular complexity index is 917. The highest BCUT2D eigenvalue weighted by Gasteiger charge is 2.28. The molecule has 1 amide bonds. The lowest BCUT2D eigenvalue weighted by atomic mass is 9.95. The van der Waals surface area contributed by atoms with Gasteiger partial charge in [0, 0.05) is 4.88 Å². The molecule has 0 unspecified atom stereocenters. The van der Waals surface area contributed by atoms with Gasteiger partial charge in [-0.05, 0) is 49.5 Å². The van der Waals surface area contributed by atoms with Crippen molar-refractivity contribution in [1.82, 2.24) is 9.78 Å². The maximum absolute atomic E-state index is 12.6. The lowest BCUT2D eigenvalue weighted by molar-refractivity contribution is -0.392. The van der Waals surface area contributed by atoms with E-state index in [4.69, 9.17) is 4.74 Å². The number of rotatable bonds is 7. The van der Waals surface area contributed by atoms with Crippen LogP contribution in [0.3, 0.4) is 0 Å². The van der Waals surface area contributed by atoms with Crippen molar-refractivity contribution < 1.29 is 19.2 Å². The summed E-state index contributed by atoms with van der Waals surface area (Å²) in [6.45, 7) is 3.54. The first-order valence-corrected chi connectivity index (χ1v) is 10.0. The second kappa shape index (κ2) is 8.51. The summed E-state index contributed by atoms with van der Waals surface area (Å²) in [6.07, 6.45) is 4.39. The van der Waals surface area contributed by atoms with E-state index in [0.29, 0.717) is 29.3 Å². The number of esters is 1. The van der Waals surface area contributed by atoms with Crippen molar-refractivity contribution in [2.24, 2.45) is 0 Å². The second-order valence-electron chi connectivity index (χ2n) is 6.66. The molecule has 28 heavy (non-hydrogen) atoms. The number of nitro groups is 1. The maximum atomic E-state index is 12.6. The van der Waals surface area contributed by atoms with E-state index in [1.807, 2.05) is 6.92 Å². The molecule has 10 heteroatoms. The number of hydrogen-bond donors (Lipinski definition) is 1. The minimum absolute atomic E-state index is 0.249. The molecule has 0 spiro atoms. The molecular weight excluding hydrogens is 384 g/mol. The van der Waals surface area contributed by atoms with Gasteiger partial charge in [0.1, 0.15) is 5.00 Å². The van der Waals surface area contributed by atoms with Crippen LogP contribution in [0.15, 0.2) is 6.07 Å². The zero-order valence-corrected chi connectivity index (χ0v) is 16.6. The van der Waals surface area contributed by atoms with Crippen LogP contribution in [0.2, 0.25) is 0 Å². The molecule has 0 saturated carbocycles. The summed E-state index contributed by atoms with van der Waals surface area (Å²) in [6, 6.07) is 1.31. The monoisotopic (exact) mass is 406 g/mol. The zero-order chi connectivity index (χ0) is 20.3. The third-order valence-electron chi connectivity index (χ3n) is 4.43. The summed E-state index contributed by atoms with van der Waals surface area (Å²) in [5.74, 6) is -1.16. The normalized spacial score (nSPS) is 13.1. The molecule has 3 rings (SSSR count). The number of thiophene rings is 1. The molecular formula is C18H22N4O5S. The van der Waals surface area contributed by atoms with Crippen LogP contribution in [0.25, 0.3) is 0 Å². The standard InChI is InChI=1S/C18H22N4O5S/c1-3-8-27-18(24)16-12-6-4-5-7-13(12)28-17(16)19-14(23)10-21-15(22(25)26)9-11(2)20-21/h9H,3-8,10H2,1-2H3,(H,19,23). The van der Waals surface area contributed by atoms with Crippen molar-refractivity contribution in [2.75, 3.05) is 11.9 Å². The van der Waals surface area contributed by atoms with Crippen LogP contribution in [0.1, 0.15) is 52.7 Å². The van der Waals surface area contributed by atoms with Crippen molar-refractivity contribution in [3.05, 3.63) is 37.9 Å². The fraction of sp³-hybridized carbons (Fsp3) is 0.500. The second-order valence-corrected chi connectivity index (χ2v) is 7.76. The minimum Gasteiger partial charge on any atom is -0.462 e. The van der Waals surface area contributed by atoms with Gasteiger partial charge in [-0.15, -0.1) is 16.0 Å². The molecule has 0 saturated heterocycles. The number of hydrogen-bond acceptors (Lipinski definition) is 7. The Balaban J connectivity index is 1.83. The fourth-order valence-electron chi connectivity index (χ4n) is 3.23. The highest BCUT2D eigenvalue weighted by molar-refractivity contribution is 7.17. The Morgan fingerprint density at radius 3 is 2.86 bits per heavy atom. The van der Waals surface area contributed by atoms with Crippen LogP contribution >= 0.6 is 11.3 Å². The van der Waals surface area contributed by atoms with Crippen LogP contribution in [0, 0.1) is 17.0 Å². The molecule has 0 fully saturated rings. The lowest BCUT2D eigenvalue weighted by Crippen LogP contribution is -2.21. The van der Waals surface area contributed by atoms with Gasteiger partial charge in [0.05, 0.1) is 23.9 Å². The molecule has 0 aliphatic heterocycles. The highest BCUT2D eigenvalue weighted by Crippen LogP contribution is 2.38. The number of amides is 1. The molecule has 2 heterocycles. The molecule has 150 valence electrons. The number of ether oxygens (including phenoxy) is 1. The molecule has 0 bridgehead atoms. The van der Waals surface area contributed by atoms with E-state index in [2.05, 4.69) is 10.4 Å². The average Bonchev–Trinajstić information content (AvgIpc) is 3.19. The van der Waals surface area contributed by atoms with Gasteiger partial charge in [-0.3, -0.25) is 4.79 Å². The predicted octanol–water partition coefficient (Wildman–Crippen LogP) is 3.25. The van der Waals surface area contributed by atoms with Crippen molar-refractivity contribution in [3.63, 3.8) is 0 Å². The summed E-state index contributed by atoms with van der Waals surface area (Å²) >= 11 is 1.38. The van der Waals surface area contributed by atoms with Gasteiger partial charge >= 0.3 is 11.8 Å². The summed E-state index contributed by atoms with van der Waals surface area (Å²) in [5, 5.41) is 18.3. The van der Waals surface area contributed by atoms with Gasteiger partial charge in [-0.2, -0.15) is 0 Å². The average molecular weight is 406 g/mol. The number of anilines is 1. The van der Waals surface area contributed by atoms with Crippen molar-refractivity contribution in [2.45, 2.75) is 52.5 Å². The van der Waals surface area contributed by atoms with E-state index < -0.39 is 16.8 Å². The van der Waals surface area contributed by atoms with Crippen LogP contribution in [0.4, 0.5) is 10.8 Å². The molecule has 1 aliphatic carbocycles. The van der Waals surface area contributed by atoms with Gasteiger partial charge in [0.2, 0.25) is 0 Å². The van der Waals surface area contributed by atoms with E-state index in [1.54, 1.807) is 6.92 Å². The molecule has 2 aromatic rings. The minimum atomic E-state index is -0.579. The van der Waals surface area contributed by atoms with Crippen LogP contribution in [-0.2, 0) is 28.9 Å². The topological polar surface area (TPSA) is 116 Å². The van der Waals surface area contributed by atoms with Crippen molar-refractivity contribution >= 4 is 34.0 Å². The molecule has 1 N–H and O–H groups in total. The van der Waals surface area contributed by atoms with E-state index in [0.717, 1.165) is 40.8 Å². The Labute approximate surface area is 165 Å². The van der Waals surface area contributed by atoms with Gasteiger partial charge in [-0.25, -0.2) is 4.79 Å². The number of carbonyl (C=O) groups excluding carboxylic acids is 2. The Morgan fingerprint density at radius 2 is 2.14 bits per heavy atom. The lowest BCUT2D eigenvalue weighted by Gasteiger charge is -2.12. The maximum Gasteiger partial charge on any atom is 0.345 e. The first-order valence-electron chi connectivity index (χ1n) is 9.21. The summed E-state index contributed by atoms with van der Waals surface area (Å²) in [7, 11) is 0. The van der Waals surface area contributed by atoms with Gasteiger partial charge in [0.25, 0.3) is 5.91 Å². The van der Waals surface area contributed by atoms with Gasteiger partial charge < -0.3 is 20.2 Å². The predicted molar refractivity (Wildman–Crippen MR) is 104 cm³/mol. The van der Waals surface area contributed by atoms with Gasteiger partial charge in [-0.1, -0.05) is 12.0 Å². The zero-order valence-electron chi connectivity index (χ0n) is 15.8. The smallest absolute Gasteiger partial charge is 0.345 e. The Morgan fingerprint density at radius 1 is 1.39 bits per heavy atom.